The minimum Gasteiger partial charge on any atom is -0.374 e. The summed E-state index contributed by atoms with van der Waals surface area (Å²) in [4.78, 5) is 13.8. The number of nitrogens with one attached hydrogen (secondary N) is 1. The van der Waals surface area contributed by atoms with E-state index in [-0.39, 0.29) is 18.3 Å². The number of rotatable bonds is 2. The van der Waals surface area contributed by atoms with E-state index in [1.807, 2.05) is 24.3 Å². The van der Waals surface area contributed by atoms with E-state index in [1.165, 1.54) is 12.1 Å². The van der Waals surface area contributed by atoms with Crippen molar-refractivity contribution in [3.05, 3.63) is 58.3 Å². The summed E-state index contributed by atoms with van der Waals surface area (Å²) >= 11 is 3.40. The third-order valence-corrected chi connectivity index (χ3v) is 4.04. The maximum atomic E-state index is 13.4. The Kier molecular flexibility index (Phi) is 3.44. The van der Waals surface area contributed by atoms with Gasteiger partial charge in [-0.25, -0.2) is 4.39 Å². The average molecular weight is 335 g/mol. The number of halogens is 2. The van der Waals surface area contributed by atoms with Crippen LogP contribution in [0.25, 0.3) is 0 Å². The van der Waals surface area contributed by atoms with Gasteiger partial charge in [-0.3, -0.25) is 4.79 Å². The molecule has 1 aliphatic rings. The van der Waals surface area contributed by atoms with E-state index in [2.05, 4.69) is 21.2 Å². The molecule has 0 bridgehead atoms. The number of benzene rings is 2. The minimum absolute atomic E-state index is 0.0279. The second-order valence-electron chi connectivity index (χ2n) is 4.59. The van der Waals surface area contributed by atoms with Crippen LogP contribution in [0.15, 0.2) is 46.9 Å². The third-order valence-electron chi connectivity index (χ3n) is 3.26. The van der Waals surface area contributed by atoms with Gasteiger partial charge in [0.1, 0.15) is 5.82 Å². The molecule has 0 aliphatic carbocycles. The molecule has 2 aromatic rings. The van der Waals surface area contributed by atoms with E-state index in [9.17, 15) is 9.18 Å². The summed E-state index contributed by atoms with van der Waals surface area (Å²) in [6.07, 6.45) is 0. The second-order valence-corrected chi connectivity index (χ2v) is 5.44. The lowest BCUT2D eigenvalue weighted by Gasteiger charge is -2.30. The van der Waals surface area contributed by atoms with Gasteiger partial charge in [-0.15, -0.1) is 0 Å². The van der Waals surface area contributed by atoms with Gasteiger partial charge in [0.15, 0.2) is 0 Å². The van der Waals surface area contributed by atoms with Crippen molar-refractivity contribution >= 4 is 33.2 Å². The molecule has 102 valence electrons. The van der Waals surface area contributed by atoms with E-state index in [0.29, 0.717) is 6.54 Å². The van der Waals surface area contributed by atoms with Crippen molar-refractivity contribution in [2.75, 3.05) is 16.8 Å². The molecule has 0 saturated heterocycles. The molecule has 2 aromatic carbocycles. The molecule has 0 unspecified atom stereocenters. The fourth-order valence-corrected chi connectivity index (χ4v) is 2.64. The summed E-state index contributed by atoms with van der Waals surface area (Å²) in [6.45, 7) is 0.597. The molecular formula is C15H12BrFN2O. The van der Waals surface area contributed by atoms with Crippen LogP contribution >= 0.6 is 15.9 Å². The molecule has 1 N–H and O–H groups in total. The van der Waals surface area contributed by atoms with Gasteiger partial charge in [-0.1, -0.05) is 28.1 Å². The summed E-state index contributed by atoms with van der Waals surface area (Å²) in [7, 11) is 0. The summed E-state index contributed by atoms with van der Waals surface area (Å²) < 4.78 is 14.2. The molecule has 1 heterocycles. The van der Waals surface area contributed by atoms with Gasteiger partial charge in [0.05, 0.1) is 24.5 Å². The van der Waals surface area contributed by atoms with Crippen LogP contribution in [0.5, 0.6) is 0 Å². The van der Waals surface area contributed by atoms with Gasteiger partial charge in [-0.2, -0.15) is 0 Å². The first-order chi connectivity index (χ1) is 9.65. The highest BCUT2D eigenvalue weighted by Gasteiger charge is 2.24. The number of para-hydroxylation sites is 2. The molecule has 5 heteroatoms. The Bertz CT molecular complexity index is 675. The third kappa shape index (κ3) is 2.41. The van der Waals surface area contributed by atoms with E-state index in [0.717, 1.165) is 21.4 Å². The lowest BCUT2D eigenvalue weighted by Crippen LogP contribution is -2.39. The van der Waals surface area contributed by atoms with Gasteiger partial charge in [0.25, 0.3) is 0 Å². The van der Waals surface area contributed by atoms with Gasteiger partial charge >= 0.3 is 0 Å². The predicted molar refractivity (Wildman–Crippen MR) is 80.2 cm³/mol. The van der Waals surface area contributed by atoms with Crippen LogP contribution in [-0.2, 0) is 11.3 Å². The molecule has 0 fully saturated rings. The molecule has 3 rings (SSSR count). The molecule has 3 nitrogen and oxygen atoms in total. The largest absolute Gasteiger partial charge is 0.374 e. The minimum atomic E-state index is -0.306. The fourth-order valence-electron chi connectivity index (χ4n) is 2.27. The smallest absolute Gasteiger partial charge is 0.246 e. The van der Waals surface area contributed by atoms with E-state index in [4.69, 9.17) is 0 Å². The standard InChI is InChI=1S/C15H12BrFN2O/c16-12-6-5-11(17)7-10(12)9-19-14-4-2-1-3-13(14)18-8-15(19)20/h1-7,18H,8-9H2. The number of amides is 1. The highest BCUT2D eigenvalue weighted by atomic mass is 79.9. The van der Waals surface area contributed by atoms with Crippen molar-refractivity contribution in [3.63, 3.8) is 0 Å². The van der Waals surface area contributed by atoms with Crippen molar-refractivity contribution in [3.8, 4) is 0 Å². The molecule has 0 aromatic heterocycles. The van der Waals surface area contributed by atoms with Crippen molar-refractivity contribution in [1.29, 1.82) is 0 Å². The SMILES string of the molecule is O=C1CNc2ccccc2N1Cc1cc(F)ccc1Br. The first-order valence-electron chi connectivity index (χ1n) is 6.22. The summed E-state index contributed by atoms with van der Waals surface area (Å²) in [6, 6.07) is 12.1. The van der Waals surface area contributed by atoms with Gasteiger partial charge in [0, 0.05) is 4.47 Å². The fraction of sp³-hybridized carbons (Fsp3) is 0.133. The highest BCUT2D eigenvalue weighted by molar-refractivity contribution is 9.10. The van der Waals surface area contributed by atoms with Crippen LogP contribution in [0.2, 0.25) is 0 Å². The van der Waals surface area contributed by atoms with E-state index in [1.54, 1.807) is 11.0 Å². The van der Waals surface area contributed by atoms with Gasteiger partial charge in [0.2, 0.25) is 5.91 Å². The van der Waals surface area contributed by atoms with Crippen LogP contribution in [0.1, 0.15) is 5.56 Å². The zero-order chi connectivity index (χ0) is 14.1. The van der Waals surface area contributed by atoms with Crippen LogP contribution in [0.4, 0.5) is 15.8 Å². The van der Waals surface area contributed by atoms with E-state index < -0.39 is 0 Å². The van der Waals surface area contributed by atoms with Crippen LogP contribution in [0, 0.1) is 5.82 Å². The second kappa shape index (κ2) is 5.25. The Balaban J connectivity index is 1.97. The topological polar surface area (TPSA) is 32.3 Å². The van der Waals surface area contributed by atoms with Crippen molar-refractivity contribution in [2.45, 2.75) is 6.54 Å². The molecule has 20 heavy (non-hydrogen) atoms. The first kappa shape index (κ1) is 13.1. The Labute approximate surface area is 124 Å². The molecule has 0 atom stereocenters. The quantitative estimate of drug-likeness (QED) is 0.910. The summed E-state index contributed by atoms with van der Waals surface area (Å²) in [5.74, 6) is -0.334. The zero-order valence-corrected chi connectivity index (χ0v) is 12.2. The molecular weight excluding hydrogens is 323 g/mol. The van der Waals surface area contributed by atoms with Crippen molar-refractivity contribution in [2.24, 2.45) is 0 Å². The molecule has 0 radical (unpaired) electrons. The van der Waals surface area contributed by atoms with Gasteiger partial charge in [-0.05, 0) is 35.9 Å². The molecule has 1 aliphatic heterocycles. The van der Waals surface area contributed by atoms with Crippen molar-refractivity contribution < 1.29 is 9.18 Å². The predicted octanol–water partition coefficient (Wildman–Crippen LogP) is 3.55. The van der Waals surface area contributed by atoms with Crippen molar-refractivity contribution in [1.82, 2.24) is 0 Å². The maximum absolute atomic E-state index is 13.4. The number of hydrogen-bond donors (Lipinski definition) is 1. The first-order valence-corrected chi connectivity index (χ1v) is 7.01. The zero-order valence-electron chi connectivity index (χ0n) is 10.6. The number of carbonyl (C=O) groups is 1. The molecule has 1 amide bonds. The monoisotopic (exact) mass is 334 g/mol. The Morgan fingerprint density at radius 2 is 2.05 bits per heavy atom. The lowest BCUT2D eigenvalue weighted by atomic mass is 10.1. The summed E-state index contributed by atoms with van der Waals surface area (Å²) in [5, 5.41) is 3.08. The number of fused-ring (bicyclic) bond motifs is 1. The summed E-state index contributed by atoms with van der Waals surface area (Å²) in [5.41, 5.74) is 2.48. The normalized spacial score (nSPS) is 13.9. The highest BCUT2D eigenvalue weighted by Crippen LogP contribution is 2.31. The lowest BCUT2D eigenvalue weighted by molar-refractivity contribution is -0.117. The Hall–Kier alpha value is -1.88. The Morgan fingerprint density at radius 1 is 1.25 bits per heavy atom. The van der Waals surface area contributed by atoms with Gasteiger partial charge < -0.3 is 10.2 Å². The Morgan fingerprint density at radius 3 is 2.90 bits per heavy atom. The maximum Gasteiger partial charge on any atom is 0.246 e. The number of anilines is 2. The number of carbonyl (C=O) groups excluding carboxylic acids is 1. The molecule has 0 spiro atoms. The van der Waals surface area contributed by atoms with Crippen LogP contribution in [-0.4, -0.2) is 12.5 Å². The number of hydrogen-bond acceptors (Lipinski definition) is 2. The molecule has 0 saturated carbocycles. The van der Waals surface area contributed by atoms with Crippen LogP contribution in [0.3, 0.4) is 0 Å². The number of nitrogens with zero attached hydrogens (tertiary/aromatic N) is 1. The average Bonchev–Trinajstić information content (AvgIpc) is 2.46. The van der Waals surface area contributed by atoms with E-state index >= 15 is 0 Å². The van der Waals surface area contributed by atoms with Crippen LogP contribution < -0.4 is 10.2 Å².